The zero-order chi connectivity index (χ0) is 13.1. The van der Waals surface area contributed by atoms with E-state index in [4.69, 9.17) is 15.0 Å². The van der Waals surface area contributed by atoms with Crippen molar-refractivity contribution < 1.29 is 15.0 Å². The molecule has 18 heavy (non-hydrogen) atoms. The second-order valence-corrected chi connectivity index (χ2v) is 4.18. The molecular formula is C15H14O3. The van der Waals surface area contributed by atoms with E-state index in [-0.39, 0.29) is 0 Å². The highest BCUT2D eigenvalue weighted by molar-refractivity contribution is 5.78. The lowest BCUT2D eigenvalue weighted by Crippen LogP contribution is -1.87. The summed E-state index contributed by atoms with van der Waals surface area (Å²) in [7, 11) is 0. The fourth-order valence-corrected chi connectivity index (χ4v) is 2.41. The topological polar surface area (TPSA) is 57.5 Å². The van der Waals surface area contributed by atoms with E-state index >= 15 is 0 Å². The lowest BCUT2D eigenvalue weighted by atomic mass is 10.00. The Bertz CT molecular complexity index is 526. The third kappa shape index (κ3) is 2.20. The molecule has 0 saturated heterocycles. The van der Waals surface area contributed by atoms with Gasteiger partial charge in [0.15, 0.2) is 0 Å². The molecule has 1 aliphatic rings. The Hall–Kier alpha value is -2.29. The molecule has 3 heteroatoms. The van der Waals surface area contributed by atoms with Crippen LogP contribution in [0.5, 0.6) is 0 Å². The molecule has 0 aliphatic heterocycles. The van der Waals surface area contributed by atoms with Gasteiger partial charge in [0.05, 0.1) is 0 Å². The molecule has 2 aromatic rings. The van der Waals surface area contributed by atoms with Gasteiger partial charge in [0.1, 0.15) is 0 Å². The summed E-state index contributed by atoms with van der Waals surface area (Å²) in [5.74, 6) is 0.558. The van der Waals surface area contributed by atoms with Crippen LogP contribution < -0.4 is 0 Å². The van der Waals surface area contributed by atoms with E-state index in [1.807, 2.05) is 0 Å². The predicted molar refractivity (Wildman–Crippen MR) is 70.0 cm³/mol. The molecule has 3 rings (SSSR count). The summed E-state index contributed by atoms with van der Waals surface area (Å²) >= 11 is 0. The number of carboxylic acid groups (broad SMARTS) is 2. The second-order valence-electron chi connectivity index (χ2n) is 4.18. The molecule has 0 unspecified atom stereocenters. The Labute approximate surface area is 105 Å². The van der Waals surface area contributed by atoms with Crippen LogP contribution in [0, 0.1) is 0 Å². The molecule has 2 N–H and O–H groups in total. The maximum atomic E-state index is 8.56. The third-order valence-corrected chi connectivity index (χ3v) is 3.14. The van der Waals surface area contributed by atoms with E-state index < -0.39 is 6.16 Å². The van der Waals surface area contributed by atoms with E-state index in [9.17, 15) is 0 Å². The van der Waals surface area contributed by atoms with Gasteiger partial charge >= 0.3 is 6.16 Å². The van der Waals surface area contributed by atoms with E-state index in [1.54, 1.807) is 0 Å². The minimum absolute atomic E-state index is 0.558. The maximum Gasteiger partial charge on any atom is 0.503 e. The molecule has 0 bridgehead atoms. The maximum absolute atomic E-state index is 8.56. The van der Waals surface area contributed by atoms with Gasteiger partial charge in [-0.1, -0.05) is 55.5 Å². The number of fused-ring (bicyclic) bond motifs is 3. The van der Waals surface area contributed by atoms with Gasteiger partial charge in [-0.15, -0.1) is 0 Å². The van der Waals surface area contributed by atoms with Crippen LogP contribution in [-0.2, 0) is 0 Å². The molecule has 0 amide bonds. The van der Waals surface area contributed by atoms with Crippen LogP contribution in [0.2, 0.25) is 0 Å². The first-order valence-electron chi connectivity index (χ1n) is 5.71. The molecule has 3 nitrogen and oxygen atoms in total. The molecule has 92 valence electrons. The van der Waals surface area contributed by atoms with Gasteiger partial charge in [0, 0.05) is 5.92 Å². The van der Waals surface area contributed by atoms with Gasteiger partial charge in [-0.05, 0) is 22.3 Å². The Morgan fingerprint density at radius 2 is 1.22 bits per heavy atom. The van der Waals surface area contributed by atoms with Crippen LogP contribution in [0.4, 0.5) is 4.79 Å². The molecule has 0 atom stereocenters. The van der Waals surface area contributed by atoms with Gasteiger partial charge in [-0.3, -0.25) is 0 Å². The second kappa shape index (κ2) is 4.92. The first-order chi connectivity index (χ1) is 8.61. The van der Waals surface area contributed by atoms with Crippen molar-refractivity contribution in [1.82, 2.24) is 0 Å². The summed E-state index contributed by atoms with van der Waals surface area (Å²) in [5, 5.41) is 13.9. The average molecular weight is 242 g/mol. The molecule has 0 radical (unpaired) electrons. The number of carbonyl (C=O) groups is 1. The lowest BCUT2D eigenvalue weighted by Gasteiger charge is -2.04. The van der Waals surface area contributed by atoms with Crippen LogP contribution in [0.25, 0.3) is 11.1 Å². The van der Waals surface area contributed by atoms with Gasteiger partial charge < -0.3 is 10.2 Å². The molecule has 0 heterocycles. The largest absolute Gasteiger partial charge is 0.503 e. The lowest BCUT2D eigenvalue weighted by molar-refractivity contribution is 0.137. The highest BCUT2D eigenvalue weighted by Gasteiger charge is 2.23. The third-order valence-electron chi connectivity index (χ3n) is 3.14. The zero-order valence-electron chi connectivity index (χ0n) is 10.00. The predicted octanol–water partition coefficient (Wildman–Crippen LogP) is 4.04. The summed E-state index contributed by atoms with van der Waals surface area (Å²) in [6.45, 7) is 2.28. The van der Waals surface area contributed by atoms with Crippen molar-refractivity contribution in [2.24, 2.45) is 0 Å². The van der Waals surface area contributed by atoms with Gasteiger partial charge in [-0.25, -0.2) is 4.79 Å². The molecule has 0 aromatic heterocycles. The van der Waals surface area contributed by atoms with Crippen molar-refractivity contribution in [2.45, 2.75) is 12.8 Å². The quantitative estimate of drug-likeness (QED) is 0.733. The molecule has 1 aliphatic carbocycles. The van der Waals surface area contributed by atoms with Crippen molar-refractivity contribution in [3.8, 4) is 11.1 Å². The average Bonchev–Trinajstić information content (AvgIpc) is 2.64. The van der Waals surface area contributed by atoms with Crippen LogP contribution in [-0.4, -0.2) is 16.4 Å². The number of hydrogen-bond donors (Lipinski definition) is 2. The first kappa shape index (κ1) is 12.2. The number of rotatable bonds is 0. The first-order valence-corrected chi connectivity index (χ1v) is 5.71. The Kier molecular flexibility index (Phi) is 3.33. The van der Waals surface area contributed by atoms with Crippen LogP contribution in [0.3, 0.4) is 0 Å². The van der Waals surface area contributed by atoms with Crippen molar-refractivity contribution in [3.05, 3.63) is 59.7 Å². The summed E-state index contributed by atoms with van der Waals surface area (Å²) in [5.41, 5.74) is 5.76. The van der Waals surface area contributed by atoms with Crippen molar-refractivity contribution in [2.75, 3.05) is 0 Å². The summed E-state index contributed by atoms with van der Waals surface area (Å²) in [6, 6.07) is 17.4. The number of hydrogen-bond acceptors (Lipinski definition) is 1. The summed E-state index contributed by atoms with van der Waals surface area (Å²) < 4.78 is 0. The highest BCUT2D eigenvalue weighted by Crippen LogP contribution is 2.43. The zero-order valence-corrected chi connectivity index (χ0v) is 10.00. The van der Waals surface area contributed by atoms with Crippen molar-refractivity contribution in [1.29, 1.82) is 0 Å². The minimum atomic E-state index is -1.83. The molecule has 0 fully saturated rings. The molecule has 0 saturated carbocycles. The molecular weight excluding hydrogens is 228 g/mol. The normalized spacial score (nSPS) is 12.1. The van der Waals surface area contributed by atoms with E-state index in [1.165, 1.54) is 22.3 Å². The standard InChI is InChI=1S/C14H12.CH2O3/c1-10-11-6-2-4-8-13(11)14-9-5-3-7-12(10)14;2-1(3)4/h2-10H,1H3;(H2,2,3,4). The van der Waals surface area contributed by atoms with E-state index in [0.717, 1.165) is 0 Å². The van der Waals surface area contributed by atoms with Gasteiger partial charge in [-0.2, -0.15) is 0 Å². The molecule has 2 aromatic carbocycles. The van der Waals surface area contributed by atoms with Crippen LogP contribution >= 0.6 is 0 Å². The van der Waals surface area contributed by atoms with Crippen molar-refractivity contribution >= 4 is 6.16 Å². The molecule has 0 spiro atoms. The van der Waals surface area contributed by atoms with Crippen LogP contribution in [0.1, 0.15) is 24.0 Å². The Morgan fingerprint density at radius 3 is 1.61 bits per heavy atom. The Morgan fingerprint density at radius 1 is 0.889 bits per heavy atom. The summed E-state index contributed by atoms with van der Waals surface area (Å²) in [6.07, 6.45) is -1.83. The fourth-order valence-electron chi connectivity index (χ4n) is 2.41. The van der Waals surface area contributed by atoms with Gasteiger partial charge in [0.2, 0.25) is 0 Å². The highest BCUT2D eigenvalue weighted by atomic mass is 16.6. The number of benzene rings is 2. The Balaban J connectivity index is 0.000000267. The van der Waals surface area contributed by atoms with Crippen LogP contribution in [0.15, 0.2) is 48.5 Å². The summed E-state index contributed by atoms with van der Waals surface area (Å²) in [4.78, 5) is 8.56. The van der Waals surface area contributed by atoms with Gasteiger partial charge in [0.25, 0.3) is 0 Å². The minimum Gasteiger partial charge on any atom is -0.450 e. The van der Waals surface area contributed by atoms with Crippen molar-refractivity contribution in [3.63, 3.8) is 0 Å². The van der Waals surface area contributed by atoms with E-state index in [2.05, 4.69) is 55.5 Å². The van der Waals surface area contributed by atoms with E-state index in [0.29, 0.717) is 5.92 Å². The smallest absolute Gasteiger partial charge is 0.450 e. The fraction of sp³-hybridized carbons (Fsp3) is 0.133. The monoisotopic (exact) mass is 242 g/mol. The SMILES string of the molecule is CC1c2ccccc2-c2ccccc21.O=C(O)O.